The smallest absolute Gasteiger partial charge is 0.222 e. The maximum atomic E-state index is 12.1. The monoisotopic (exact) mass is 269 g/mol. The van der Waals surface area contributed by atoms with Gasteiger partial charge >= 0.3 is 0 Å². The quantitative estimate of drug-likeness (QED) is 0.817. The number of nitrogens with two attached hydrogens (primary N) is 1. The van der Waals surface area contributed by atoms with Gasteiger partial charge in [-0.1, -0.05) is 6.92 Å². The molecule has 3 unspecified atom stereocenters. The van der Waals surface area contributed by atoms with Crippen molar-refractivity contribution in [1.29, 1.82) is 0 Å². The standard InChI is InChI=1S/C15H31N3O/c1-11-7-6-8-18(12(11)2)13(10-16)9-14(19)17-15(3,4)5/h11-13H,6-10,16H2,1-5H3,(H,17,19). The Hall–Kier alpha value is -0.610. The van der Waals surface area contributed by atoms with Gasteiger partial charge in [0.15, 0.2) is 0 Å². The summed E-state index contributed by atoms with van der Waals surface area (Å²) >= 11 is 0. The lowest BCUT2D eigenvalue weighted by atomic mass is 9.90. The van der Waals surface area contributed by atoms with Crippen LogP contribution in [0.2, 0.25) is 0 Å². The molecule has 4 heteroatoms. The number of likely N-dealkylation sites (tertiary alicyclic amines) is 1. The van der Waals surface area contributed by atoms with Crippen LogP contribution < -0.4 is 11.1 Å². The van der Waals surface area contributed by atoms with Gasteiger partial charge in [0.05, 0.1) is 0 Å². The van der Waals surface area contributed by atoms with E-state index >= 15 is 0 Å². The minimum Gasteiger partial charge on any atom is -0.351 e. The fourth-order valence-corrected chi connectivity index (χ4v) is 2.90. The molecule has 0 aromatic heterocycles. The number of nitrogens with zero attached hydrogens (tertiary/aromatic N) is 1. The molecule has 0 bridgehead atoms. The van der Waals surface area contributed by atoms with Crippen LogP contribution in [0.1, 0.15) is 53.9 Å². The van der Waals surface area contributed by atoms with Crippen LogP contribution >= 0.6 is 0 Å². The first kappa shape index (κ1) is 16.4. The summed E-state index contributed by atoms with van der Waals surface area (Å²) in [7, 11) is 0. The SMILES string of the molecule is CC1CCCN(C(CN)CC(=O)NC(C)(C)C)C1C. The molecule has 3 atom stereocenters. The molecule has 1 aliphatic heterocycles. The minimum absolute atomic E-state index is 0.105. The van der Waals surface area contributed by atoms with E-state index in [4.69, 9.17) is 5.73 Å². The first-order chi connectivity index (χ1) is 8.74. The Kier molecular flexibility index (Phi) is 5.81. The second-order valence-electron chi connectivity index (χ2n) is 6.99. The van der Waals surface area contributed by atoms with E-state index in [-0.39, 0.29) is 17.5 Å². The molecule has 1 heterocycles. The number of amides is 1. The molecule has 1 aliphatic rings. The molecule has 0 radical (unpaired) electrons. The van der Waals surface area contributed by atoms with Gasteiger partial charge in [0.25, 0.3) is 0 Å². The summed E-state index contributed by atoms with van der Waals surface area (Å²) < 4.78 is 0. The van der Waals surface area contributed by atoms with E-state index < -0.39 is 0 Å². The molecule has 1 fully saturated rings. The van der Waals surface area contributed by atoms with E-state index in [2.05, 4.69) is 24.1 Å². The summed E-state index contributed by atoms with van der Waals surface area (Å²) in [4.78, 5) is 14.5. The number of hydrogen-bond acceptors (Lipinski definition) is 3. The number of rotatable bonds is 4. The van der Waals surface area contributed by atoms with Gasteiger partial charge in [0.2, 0.25) is 5.91 Å². The molecule has 0 aromatic carbocycles. The Morgan fingerprint density at radius 1 is 1.42 bits per heavy atom. The lowest BCUT2D eigenvalue weighted by Gasteiger charge is -2.42. The van der Waals surface area contributed by atoms with Crippen molar-refractivity contribution >= 4 is 5.91 Å². The van der Waals surface area contributed by atoms with Crippen molar-refractivity contribution in [2.75, 3.05) is 13.1 Å². The third-order valence-corrected chi connectivity index (χ3v) is 4.10. The molecule has 0 aliphatic carbocycles. The normalized spacial score (nSPS) is 27.1. The first-order valence-corrected chi connectivity index (χ1v) is 7.51. The van der Waals surface area contributed by atoms with Crippen molar-refractivity contribution in [1.82, 2.24) is 10.2 Å². The van der Waals surface area contributed by atoms with E-state index in [1.807, 2.05) is 20.8 Å². The molecule has 112 valence electrons. The second kappa shape index (κ2) is 6.71. The Balaban J connectivity index is 2.60. The predicted molar refractivity (Wildman–Crippen MR) is 79.9 cm³/mol. The van der Waals surface area contributed by atoms with Crippen LogP contribution in [0.3, 0.4) is 0 Å². The van der Waals surface area contributed by atoms with Crippen LogP contribution in [-0.4, -0.2) is 41.5 Å². The zero-order chi connectivity index (χ0) is 14.6. The average molecular weight is 269 g/mol. The third-order valence-electron chi connectivity index (χ3n) is 4.10. The zero-order valence-corrected chi connectivity index (χ0v) is 13.2. The molecular formula is C15H31N3O. The maximum absolute atomic E-state index is 12.1. The van der Waals surface area contributed by atoms with Crippen molar-refractivity contribution in [3.05, 3.63) is 0 Å². The van der Waals surface area contributed by atoms with Gasteiger partial charge < -0.3 is 11.1 Å². The van der Waals surface area contributed by atoms with Gasteiger partial charge in [-0.25, -0.2) is 0 Å². The highest BCUT2D eigenvalue weighted by atomic mass is 16.1. The lowest BCUT2D eigenvalue weighted by Crippen LogP contribution is -2.53. The van der Waals surface area contributed by atoms with Crippen LogP contribution in [-0.2, 0) is 4.79 Å². The molecule has 19 heavy (non-hydrogen) atoms. The number of nitrogens with one attached hydrogen (secondary N) is 1. The van der Waals surface area contributed by atoms with Crippen LogP contribution in [0.25, 0.3) is 0 Å². The molecule has 1 rings (SSSR count). The van der Waals surface area contributed by atoms with Crippen molar-refractivity contribution in [3.8, 4) is 0 Å². The van der Waals surface area contributed by atoms with Gasteiger partial charge in [-0.2, -0.15) is 0 Å². The molecule has 0 saturated carbocycles. The van der Waals surface area contributed by atoms with Crippen molar-refractivity contribution in [2.24, 2.45) is 11.7 Å². The van der Waals surface area contributed by atoms with Gasteiger partial charge in [-0.15, -0.1) is 0 Å². The minimum atomic E-state index is -0.170. The predicted octanol–water partition coefficient (Wildman–Crippen LogP) is 1.74. The number of carbonyl (C=O) groups is 1. The molecule has 0 spiro atoms. The number of hydrogen-bond donors (Lipinski definition) is 2. The van der Waals surface area contributed by atoms with Crippen LogP contribution in [0, 0.1) is 5.92 Å². The van der Waals surface area contributed by atoms with Crippen LogP contribution in [0.5, 0.6) is 0 Å². The van der Waals surface area contributed by atoms with Crippen LogP contribution in [0.15, 0.2) is 0 Å². The first-order valence-electron chi connectivity index (χ1n) is 7.51. The van der Waals surface area contributed by atoms with Crippen molar-refractivity contribution in [2.45, 2.75) is 71.5 Å². The molecular weight excluding hydrogens is 238 g/mol. The fraction of sp³-hybridized carbons (Fsp3) is 0.933. The van der Waals surface area contributed by atoms with Gasteiger partial charge in [-0.05, 0) is 53.0 Å². The zero-order valence-electron chi connectivity index (χ0n) is 13.2. The van der Waals surface area contributed by atoms with Crippen LogP contribution in [0.4, 0.5) is 0 Å². The maximum Gasteiger partial charge on any atom is 0.222 e. The topological polar surface area (TPSA) is 58.4 Å². The van der Waals surface area contributed by atoms with Gasteiger partial charge in [0, 0.05) is 30.6 Å². The van der Waals surface area contributed by atoms with Crippen molar-refractivity contribution < 1.29 is 4.79 Å². The molecule has 0 aromatic rings. The summed E-state index contributed by atoms with van der Waals surface area (Å²) in [6, 6.07) is 0.685. The largest absolute Gasteiger partial charge is 0.351 e. The summed E-state index contributed by atoms with van der Waals surface area (Å²) in [6.07, 6.45) is 3.00. The number of carbonyl (C=O) groups excluding carboxylic acids is 1. The highest BCUT2D eigenvalue weighted by Crippen LogP contribution is 2.25. The van der Waals surface area contributed by atoms with E-state index in [1.165, 1.54) is 12.8 Å². The van der Waals surface area contributed by atoms with Gasteiger partial charge in [0.1, 0.15) is 0 Å². The highest BCUT2D eigenvalue weighted by Gasteiger charge is 2.31. The summed E-state index contributed by atoms with van der Waals surface area (Å²) in [5.41, 5.74) is 5.73. The lowest BCUT2D eigenvalue weighted by molar-refractivity contribution is -0.124. The third kappa shape index (κ3) is 5.11. The van der Waals surface area contributed by atoms with Crippen molar-refractivity contribution in [3.63, 3.8) is 0 Å². The second-order valence-corrected chi connectivity index (χ2v) is 6.99. The van der Waals surface area contributed by atoms with E-state index in [1.54, 1.807) is 0 Å². The van der Waals surface area contributed by atoms with E-state index in [9.17, 15) is 4.79 Å². The fourth-order valence-electron chi connectivity index (χ4n) is 2.90. The molecule has 3 N–H and O–H groups in total. The Labute approximate surface area is 118 Å². The molecule has 1 saturated heterocycles. The van der Waals surface area contributed by atoms with E-state index in [0.717, 1.165) is 6.54 Å². The molecule has 4 nitrogen and oxygen atoms in total. The van der Waals surface area contributed by atoms with Gasteiger partial charge in [-0.3, -0.25) is 9.69 Å². The van der Waals surface area contributed by atoms with E-state index in [0.29, 0.717) is 24.9 Å². The Bertz CT molecular complexity index is 298. The Morgan fingerprint density at radius 2 is 2.05 bits per heavy atom. The summed E-state index contributed by atoms with van der Waals surface area (Å²) in [5.74, 6) is 0.793. The number of piperidine rings is 1. The summed E-state index contributed by atoms with van der Waals surface area (Å²) in [5, 5.41) is 3.03. The average Bonchev–Trinajstić information content (AvgIpc) is 2.27. The Morgan fingerprint density at radius 3 is 2.58 bits per heavy atom. The summed E-state index contributed by atoms with van der Waals surface area (Å²) in [6.45, 7) is 12.2. The molecule has 1 amide bonds. The highest BCUT2D eigenvalue weighted by molar-refractivity contribution is 5.77.